The van der Waals surface area contributed by atoms with E-state index in [1.54, 1.807) is 0 Å². The zero-order valence-corrected chi connectivity index (χ0v) is 19.9. The predicted octanol–water partition coefficient (Wildman–Crippen LogP) is 5.43. The topological polar surface area (TPSA) is 62.5 Å². The molecule has 0 saturated heterocycles. The molecule has 2 aromatic heterocycles. The largest absolute Gasteiger partial charge is 0.433 e. The number of carbonyl (C=O) groups excluding carboxylic acids is 1. The third-order valence-electron chi connectivity index (χ3n) is 6.09. The fourth-order valence-corrected chi connectivity index (χ4v) is 4.13. The Hall–Kier alpha value is -2.16. The number of nitrogens with zero attached hydrogens (tertiary/aromatic N) is 4. The van der Waals surface area contributed by atoms with Gasteiger partial charge in [-0.15, -0.1) is 0 Å². The maximum Gasteiger partial charge on any atom is 0.433 e. The van der Waals surface area contributed by atoms with E-state index in [0.717, 1.165) is 62.2 Å². The lowest BCUT2D eigenvalue weighted by atomic mass is 10.2. The Morgan fingerprint density at radius 2 is 1.82 bits per heavy atom. The third kappa shape index (κ3) is 6.91. The van der Waals surface area contributed by atoms with Crippen LogP contribution >= 0.6 is 0 Å². The minimum atomic E-state index is -4.57. The Morgan fingerprint density at radius 1 is 1.18 bits per heavy atom. The van der Waals surface area contributed by atoms with E-state index in [2.05, 4.69) is 34.1 Å². The van der Waals surface area contributed by atoms with Crippen LogP contribution in [0.2, 0.25) is 0 Å². The fraction of sp³-hybridized carbons (Fsp3) is 0.708. The van der Waals surface area contributed by atoms with E-state index in [1.807, 2.05) is 6.92 Å². The van der Waals surface area contributed by atoms with Gasteiger partial charge in [-0.2, -0.15) is 18.3 Å². The molecule has 1 aliphatic carbocycles. The van der Waals surface area contributed by atoms with Gasteiger partial charge < -0.3 is 10.2 Å². The molecule has 1 unspecified atom stereocenters. The first kappa shape index (κ1) is 25.5. The predicted molar refractivity (Wildman–Crippen MR) is 122 cm³/mol. The molecule has 3 rings (SSSR count). The van der Waals surface area contributed by atoms with Crippen molar-refractivity contribution in [3.8, 4) is 0 Å². The molecule has 0 bridgehead atoms. The average molecular weight is 468 g/mol. The summed E-state index contributed by atoms with van der Waals surface area (Å²) in [6, 6.07) is 0.913. The van der Waals surface area contributed by atoms with Crippen molar-refractivity contribution >= 4 is 11.6 Å². The molecule has 6 nitrogen and oxygen atoms in total. The number of amides is 1. The number of fused-ring (bicyclic) bond motifs is 1. The van der Waals surface area contributed by atoms with Crippen LogP contribution in [0.5, 0.6) is 0 Å². The van der Waals surface area contributed by atoms with Gasteiger partial charge in [0.25, 0.3) is 5.91 Å². The van der Waals surface area contributed by atoms with Crippen molar-refractivity contribution in [3.05, 3.63) is 29.2 Å². The van der Waals surface area contributed by atoms with Crippen molar-refractivity contribution < 1.29 is 18.0 Å². The molecule has 0 radical (unpaired) electrons. The Bertz CT molecular complexity index is 913. The van der Waals surface area contributed by atoms with Gasteiger partial charge in [0.15, 0.2) is 5.65 Å². The Kier molecular flexibility index (Phi) is 8.73. The van der Waals surface area contributed by atoms with Crippen LogP contribution in [0.1, 0.15) is 99.8 Å². The number of hydrogen-bond donors (Lipinski definition) is 1. The van der Waals surface area contributed by atoms with Gasteiger partial charge in [0.2, 0.25) is 0 Å². The summed E-state index contributed by atoms with van der Waals surface area (Å²) in [5.74, 6) is -0.409. The van der Waals surface area contributed by atoms with Gasteiger partial charge in [-0.1, -0.05) is 39.5 Å². The molecule has 1 atom stereocenters. The van der Waals surface area contributed by atoms with Crippen molar-refractivity contribution in [2.75, 3.05) is 19.6 Å². The second-order valence-electron chi connectivity index (χ2n) is 9.22. The van der Waals surface area contributed by atoms with Crippen LogP contribution in [0.15, 0.2) is 12.3 Å². The maximum absolute atomic E-state index is 13.6. The maximum atomic E-state index is 13.6. The van der Waals surface area contributed by atoms with E-state index in [9.17, 15) is 18.0 Å². The minimum Gasteiger partial charge on any atom is -0.348 e. The van der Waals surface area contributed by atoms with Crippen molar-refractivity contribution in [1.29, 1.82) is 0 Å². The molecule has 2 aromatic rings. The van der Waals surface area contributed by atoms with Gasteiger partial charge in [0.1, 0.15) is 11.3 Å². The normalized spacial score (nSPS) is 15.4. The molecule has 0 aromatic carbocycles. The van der Waals surface area contributed by atoms with Gasteiger partial charge in [-0.25, -0.2) is 9.50 Å². The summed E-state index contributed by atoms with van der Waals surface area (Å²) in [6.07, 6.45) is 5.13. The molecule has 2 heterocycles. The molecule has 1 N–H and O–H groups in total. The lowest BCUT2D eigenvalue weighted by Crippen LogP contribution is -2.42. The molecule has 0 aliphatic heterocycles. The zero-order valence-electron chi connectivity index (χ0n) is 19.9. The number of hydrogen-bond acceptors (Lipinski definition) is 4. The van der Waals surface area contributed by atoms with Crippen LogP contribution in [0.25, 0.3) is 5.65 Å². The van der Waals surface area contributed by atoms with Gasteiger partial charge in [-0.3, -0.25) is 4.79 Å². The van der Waals surface area contributed by atoms with E-state index >= 15 is 0 Å². The second-order valence-corrected chi connectivity index (χ2v) is 9.22. The van der Waals surface area contributed by atoms with E-state index < -0.39 is 17.8 Å². The van der Waals surface area contributed by atoms with Gasteiger partial charge in [0.05, 0.1) is 6.20 Å². The van der Waals surface area contributed by atoms with Crippen molar-refractivity contribution in [1.82, 2.24) is 24.8 Å². The molecular weight excluding hydrogens is 431 g/mol. The zero-order chi connectivity index (χ0) is 24.0. The van der Waals surface area contributed by atoms with Crippen LogP contribution in [0.3, 0.4) is 0 Å². The third-order valence-corrected chi connectivity index (χ3v) is 6.09. The monoisotopic (exact) mass is 467 g/mol. The van der Waals surface area contributed by atoms with Crippen LogP contribution in [0.4, 0.5) is 13.2 Å². The molecule has 0 spiro atoms. The van der Waals surface area contributed by atoms with Crippen molar-refractivity contribution in [3.63, 3.8) is 0 Å². The molecular formula is C24H36F3N5O. The summed E-state index contributed by atoms with van der Waals surface area (Å²) in [4.78, 5) is 19.7. The number of carbonyl (C=O) groups is 1. The minimum absolute atomic E-state index is 0.0284. The van der Waals surface area contributed by atoms with Gasteiger partial charge in [-0.05, 0) is 51.8 Å². The van der Waals surface area contributed by atoms with Crippen molar-refractivity contribution in [2.45, 2.75) is 90.3 Å². The molecule has 184 valence electrons. The quantitative estimate of drug-likeness (QED) is 0.399. The number of nitrogens with one attached hydrogen (secondary N) is 1. The first-order chi connectivity index (χ1) is 15.7. The lowest BCUT2D eigenvalue weighted by molar-refractivity contribution is -0.142. The van der Waals surface area contributed by atoms with Crippen LogP contribution in [0, 0.1) is 0 Å². The summed E-state index contributed by atoms with van der Waals surface area (Å²) in [5, 5.41) is 6.81. The van der Waals surface area contributed by atoms with Gasteiger partial charge in [0, 0.05) is 24.2 Å². The highest BCUT2D eigenvalue weighted by Crippen LogP contribution is 2.41. The van der Waals surface area contributed by atoms with Crippen LogP contribution in [-0.4, -0.2) is 51.1 Å². The van der Waals surface area contributed by atoms with E-state index in [1.165, 1.54) is 19.0 Å². The number of unbranched alkanes of at least 4 members (excludes halogenated alkanes) is 4. The number of halogens is 3. The van der Waals surface area contributed by atoms with Crippen molar-refractivity contribution in [2.24, 2.45) is 0 Å². The van der Waals surface area contributed by atoms with E-state index in [4.69, 9.17) is 0 Å². The summed E-state index contributed by atoms with van der Waals surface area (Å²) >= 11 is 0. The first-order valence-corrected chi connectivity index (χ1v) is 12.2. The highest BCUT2D eigenvalue weighted by molar-refractivity contribution is 5.99. The van der Waals surface area contributed by atoms with Crippen LogP contribution in [-0.2, 0) is 6.18 Å². The van der Waals surface area contributed by atoms with Crippen LogP contribution < -0.4 is 5.32 Å². The number of aromatic nitrogens is 3. The molecule has 33 heavy (non-hydrogen) atoms. The summed E-state index contributed by atoms with van der Waals surface area (Å²) in [5.41, 5.74) is -0.451. The Labute approximate surface area is 193 Å². The van der Waals surface area contributed by atoms with Gasteiger partial charge >= 0.3 is 6.18 Å². The lowest BCUT2D eigenvalue weighted by Gasteiger charge is -2.26. The summed E-state index contributed by atoms with van der Waals surface area (Å²) in [7, 11) is 0. The highest BCUT2D eigenvalue weighted by atomic mass is 19.4. The van der Waals surface area contributed by atoms with E-state index in [-0.39, 0.29) is 23.2 Å². The summed E-state index contributed by atoms with van der Waals surface area (Å²) in [6.45, 7) is 8.94. The summed E-state index contributed by atoms with van der Waals surface area (Å²) < 4.78 is 41.6. The fourth-order valence-electron chi connectivity index (χ4n) is 4.13. The average Bonchev–Trinajstić information content (AvgIpc) is 3.51. The first-order valence-electron chi connectivity index (χ1n) is 12.2. The van der Waals surface area contributed by atoms with E-state index in [0.29, 0.717) is 12.2 Å². The highest BCUT2D eigenvalue weighted by Gasteiger charge is 2.38. The Morgan fingerprint density at radius 3 is 2.36 bits per heavy atom. The molecule has 1 saturated carbocycles. The standard InChI is InChI=1S/C24H36F3N5O/c1-4-6-8-12-31(13-9-7-5-2)16-17(3)29-23(33)19-15-28-32-21(24(25,26)27)14-20(18-10-11-18)30-22(19)32/h14-15,17-18H,4-13,16H2,1-3H3,(H,29,33). The SMILES string of the molecule is CCCCCN(CCCCC)CC(C)NC(=O)c1cnn2c(C(F)(F)F)cc(C3CC3)nc12. The smallest absolute Gasteiger partial charge is 0.348 e. The Balaban J connectivity index is 1.73. The molecule has 1 aliphatic rings. The number of rotatable bonds is 13. The molecule has 1 amide bonds. The second kappa shape index (κ2) is 11.3. The molecule has 9 heteroatoms. The molecule has 1 fully saturated rings. The number of alkyl halides is 3.